The van der Waals surface area contributed by atoms with E-state index >= 15 is 0 Å². The van der Waals surface area contributed by atoms with Gasteiger partial charge in [0.15, 0.2) is 5.16 Å². The third-order valence-corrected chi connectivity index (χ3v) is 6.60. The Balaban J connectivity index is 1.54. The number of hydrogen-bond donors (Lipinski definition) is 1. The van der Waals surface area contributed by atoms with Crippen LogP contribution in [-0.4, -0.2) is 30.8 Å². The maximum atomic E-state index is 13.4. The lowest BCUT2D eigenvalue weighted by Gasteiger charge is -2.12. The molecule has 5 aromatic rings. The van der Waals surface area contributed by atoms with E-state index in [1.54, 1.807) is 34.9 Å². The molecule has 0 aliphatic carbocycles. The number of thioether (sulfide) groups is 1. The molecule has 0 radical (unpaired) electrons. The number of para-hydroxylation sites is 1. The van der Waals surface area contributed by atoms with E-state index in [4.69, 9.17) is 11.6 Å². The van der Waals surface area contributed by atoms with Crippen LogP contribution in [0.1, 0.15) is 12.5 Å². The minimum atomic E-state index is -0.197. The van der Waals surface area contributed by atoms with Crippen LogP contribution >= 0.6 is 23.4 Å². The van der Waals surface area contributed by atoms with Crippen molar-refractivity contribution in [2.75, 3.05) is 11.1 Å². The second kappa shape index (κ2) is 9.32. The van der Waals surface area contributed by atoms with Gasteiger partial charge in [-0.15, -0.1) is 10.2 Å². The molecule has 0 saturated heterocycles. The van der Waals surface area contributed by atoms with Crippen molar-refractivity contribution in [2.24, 2.45) is 0 Å². The molecular weight excluding hydrogens is 470 g/mol. The Morgan fingerprint density at radius 2 is 1.82 bits per heavy atom. The van der Waals surface area contributed by atoms with Gasteiger partial charge in [0.05, 0.1) is 22.3 Å². The summed E-state index contributed by atoms with van der Waals surface area (Å²) in [4.78, 5) is 25.9. The zero-order valence-corrected chi connectivity index (χ0v) is 19.8. The molecule has 7 nitrogen and oxygen atoms in total. The van der Waals surface area contributed by atoms with Crippen LogP contribution in [0.2, 0.25) is 5.02 Å². The average Bonchev–Trinajstić information content (AvgIpc) is 3.27. The van der Waals surface area contributed by atoms with Crippen molar-refractivity contribution >= 4 is 51.6 Å². The minimum Gasteiger partial charge on any atom is -0.325 e. The van der Waals surface area contributed by atoms with Gasteiger partial charge in [-0.1, -0.05) is 60.6 Å². The number of amides is 1. The molecule has 0 saturated carbocycles. The van der Waals surface area contributed by atoms with Crippen molar-refractivity contribution in [1.29, 1.82) is 0 Å². The minimum absolute atomic E-state index is 0.117. The number of carbonyl (C=O) groups excluding carboxylic acids is 1. The van der Waals surface area contributed by atoms with Crippen molar-refractivity contribution in [3.8, 4) is 5.69 Å². The monoisotopic (exact) mass is 489 g/mol. The molecule has 1 N–H and O–H groups in total. The number of benzene rings is 3. The van der Waals surface area contributed by atoms with Crippen molar-refractivity contribution in [3.63, 3.8) is 0 Å². The second-order valence-corrected chi connectivity index (χ2v) is 9.02. The molecule has 0 fully saturated rings. The maximum absolute atomic E-state index is 13.4. The smallest absolute Gasteiger partial charge is 0.267 e. The molecule has 0 atom stereocenters. The Labute approximate surface area is 204 Å². The number of rotatable bonds is 6. The Hall–Kier alpha value is -3.62. The molecule has 1 amide bonds. The van der Waals surface area contributed by atoms with Crippen LogP contribution in [-0.2, 0) is 11.2 Å². The summed E-state index contributed by atoms with van der Waals surface area (Å²) >= 11 is 7.24. The number of nitrogens with zero attached hydrogens (tertiary/aromatic N) is 4. The number of anilines is 1. The molecule has 0 unspecified atom stereocenters. The van der Waals surface area contributed by atoms with Gasteiger partial charge in [0.25, 0.3) is 5.56 Å². The van der Waals surface area contributed by atoms with Crippen molar-refractivity contribution in [2.45, 2.75) is 18.5 Å². The summed E-state index contributed by atoms with van der Waals surface area (Å²) < 4.78 is 3.38. The predicted molar refractivity (Wildman–Crippen MR) is 136 cm³/mol. The van der Waals surface area contributed by atoms with Crippen LogP contribution in [0.25, 0.3) is 22.4 Å². The van der Waals surface area contributed by atoms with E-state index in [0.717, 1.165) is 6.42 Å². The Morgan fingerprint density at radius 1 is 1.03 bits per heavy atom. The lowest BCUT2D eigenvalue weighted by atomic mass is 10.1. The Kier molecular flexibility index (Phi) is 6.08. The first-order chi connectivity index (χ1) is 16.5. The number of halogens is 1. The van der Waals surface area contributed by atoms with Crippen LogP contribution in [0.5, 0.6) is 0 Å². The topological polar surface area (TPSA) is 81.3 Å². The lowest BCUT2D eigenvalue weighted by molar-refractivity contribution is -0.113. The molecule has 170 valence electrons. The highest BCUT2D eigenvalue weighted by atomic mass is 35.5. The summed E-state index contributed by atoms with van der Waals surface area (Å²) in [6.07, 6.45) is 0.908. The van der Waals surface area contributed by atoms with Crippen LogP contribution in [0.4, 0.5) is 5.69 Å². The van der Waals surface area contributed by atoms with Crippen molar-refractivity contribution in [1.82, 2.24) is 19.2 Å². The highest BCUT2D eigenvalue weighted by Crippen LogP contribution is 2.24. The molecule has 0 bridgehead atoms. The van der Waals surface area contributed by atoms with E-state index in [2.05, 4.69) is 22.4 Å². The third kappa shape index (κ3) is 4.18. The SMILES string of the molecule is CCc1ccc(-n2c(=O)c3ccccc3n3c(SCC(=O)Nc4cccc(Cl)c4)nnc23)cc1. The first kappa shape index (κ1) is 22.2. The zero-order valence-electron chi connectivity index (χ0n) is 18.2. The van der Waals surface area contributed by atoms with Crippen LogP contribution in [0.3, 0.4) is 0 Å². The molecule has 5 rings (SSSR count). The maximum Gasteiger partial charge on any atom is 0.267 e. The fraction of sp³-hybridized carbons (Fsp3) is 0.120. The largest absolute Gasteiger partial charge is 0.325 e. The predicted octanol–water partition coefficient (Wildman–Crippen LogP) is 4.98. The second-order valence-electron chi connectivity index (χ2n) is 7.64. The average molecular weight is 490 g/mol. The van der Waals surface area contributed by atoms with Crippen LogP contribution < -0.4 is 10.9 Å². The van der Waals surface area contributed by atoms with E-state index in [-0.39, 0.29) is 17.2 Å². The highest BCUT2D eigenvalue weighted by molar-refractivity contribution is 7.99. The third-order valence-electron chi connectivity index (χ3n) is 5.44. The number of aromatic nitrogens is 4. The summed E-state index contributed by atoms with van der Waals surface area (Å²) in [6.45, 7) is 2.08. The quantitative estimate of drug-likeness (QED) is 0.340. The molecule has 2 aromatic heterocycles. The molecule has 0 aliphatic rings. The van der Waals surface area contributed by atoms with Gasteiger partial charge >= 0.3 is 0 Å². The fourth-order valence-electron chi connectivity index (χ4n) is 3.78. The first-order valence-corrected chi connectivity index (χ1v) is 12.1. The van der Waals surface area contributed by atoms with E-state index in [0.29, 0.717) is 38.2 Å². The normalized spacial score (nSPS) is 11.2. The standard InChI is InChI=1S/C25H20ClN5O2S/c1-2-16-10-12-19(13-11-16)30-23(33)20-8-3-4-9-21(20)31-24(30)28-29-25(31)34-15-22(32)27-18-7-5-6-17(26)14-18/h3-14H,2,15H2,1H3,(H,27,32). The summed E-state index contributed by atoms with van der Waals surface area (Å²) in [5, 5.41) is 13.1. The fourth-order valence-corrected chi connectivity index (χ4v) is 4.71. The van der Waals surface area contributed by atoms with Gasteiger partial charge in [0, 0.05) is 10.7 Å². The number of nitrogens with one attached hydrogen (secondary N) is 1. The van der Waals surface area contributed by atoms with Crippen LogP contribution in [0.15, 0.2) is 82.7 Å². The van der Waals surface area contributed by atoms with Gasteiger partial charge in [0.1, 0.15) is 0 Å². The molecule has 0 spiro atoms. The Bertz CT molecular complexity index is 1580. The lowest BCUT2D eigenvalue weighted by Crippen LogP contribution is -2.22. The number of aryl methyl sites for hydroxylation is 1. The van der Waals surface area contributed by atoms with Gasteiger partial charge in [0.2, 0.25) is 11.7 Å². The molecule has 2 heterocycles. The van der Waals surface area contributed by atoms with Crippen molar-refractivity contribution in [3.05, 3.63) is 93.7 Å². The van der Waals surface area contributed by atoms with Gasteiger partial charge < -0.3 is 5.32 Å². The number of carbonyl (C=O) groups is 1. The molecule has 0 aliphatic heterocycles. The van der Waals surface area contributed by atoms with Gasteiger partial charge in [-0.3, -0.25) is 14.0 Å². The summed E-state index contributed by atoms with van der Waals surface area (Å²) in [5.41, 5.74) is 3.03. The van der Waals surface area contributed by atoms with Gasteiger partial charge in [-0.05, 0) is 54.4 Å². The van der Waals surface area contributed by atoms with E-state index in [9.17, 15) is 9.59 Å². The summed E-state index contributed by atoms with van der Waals surface area (Å²) in [5.74, 6) is 0.314. The first-order valence-electron chi connectivity index (χ1n) is 10.7. The van der Waals surface area contributed by atoms with Crippen LogP contribution in [0, 0.1) is 0 Å². The summed E-state index contributed by atoms with van der Waals surface area (Å²) in [7, 11) is 0. The molecular formula is C25H20ClN5O2S. The van der Waals surface area contributed by atoms with E-state index in [1.165, 1.54) is 17.3 Å². The van der Waals surface area contributed by atoms with Gasteiger partial charge in [-0.2, -0.15) is 0 Å². The van der Waals surface area contributed by atoms with E-state index < -0.39 is 0 Å². The highest BCUT2D eigenvalue weighted by Gasteiger charge is 2.18. The number of hydrogen-bond acceptors (Lipinski definition) is 5. The molecule has 34 heavy (non-hydrogen) atoms. The molecule has 9 heteroatoms. The van der Waals surface area contributed by atoms with Gasteiger partial charge in [-0.25, -0.2) is 4.57 Å². The Morgan fingerprint density at radius 3 is 2.59 bits per heavy atom. The van der Waals surface area contributed by atoms with Crippen molar-refractivity contribution < 1.29 is 4.79 Å². The zero-order chi connectivity index (χ0) is 23.7. The number of fused-ring (bicyclic) bond motifs is 3. The summed E-state index contributed by atoms with van der Waals surface area (Å²) in [6, 6.07) is 22.1. The molecule has 3 aromatic carbocycles. The van der Waals surface area contributed by atoms with E-state index in [1.807, 2.05) is 46.9 Å².